The third-order valence-corrected chi connectivity index (χ3v) is 3.29. The van der Waals surface area contributed by atoms with E-state index in [0.717, 1.165) is 11.3 Å². The Morgan fingerprint density at radius 1 is 1.50 bits per heavy atom. The van der Waals surface area contributed by atoms with Crippen molar-refractivity contribution < 1.29 is 20.4 Å². The average molecular weight is 268 g/mol. The van der Waals surface area contributed by atoms with Crippen molar-refractivity contribution >= 4 is 29.3 Å². The number of carboxylic acid groups (broad SMARTS) is 1. The fourth-order valence-corrected chi connectivity index (χ4v) is 2.08. The Hall–Kier alpha value is -1.53. The van der Waals surface area contributed by atoms with Crippen molar-refractivity contribution in [2.45, 2.75) is 13.0 Å². The molecule has 0 fully saturated rings. The highest BCUT2D eigenvalue weighted by Gasteiger charge is 2.09. The van der Waals surface area contributed by atoms with Crippen LogP contribution >= 0.6 is 11.8 Å². The van der Waals surface area contributed by atoms with E-state index in [1.807, 2.05) is 25.1 Å². The highest BCUT2D eigenvalue weighted by atomic mass is 32.2. The van der Waals surface area contributed by atoms with Crippen molar-refractivity contribution in [1.82, 2.24) is 0 Å². The molecule has 18 heavy (non-hydrogen) atoms. The Morgan fingerprint density at radius 2 is 2.22 bits per heavy atom. The molecule has 0 heterocycles. The molecular weight excluding hydrogens is 252 g/mol. The Balaban J connectivity index is 2.32. The molecule has 1 amide bonds. The number of hydrogen-bond acceptors (Lipinski definition) is 4. The van der Waals surface area contributed by atoms with Gasteiger partial charge in [0.15, 0.2) is 0 Å². The Labute approximate surface area is 110 Å². The Bertz CT molecular complexity index is 437. The lowest BCUT2D eigenvalue weighted by Crippen LogP contribution is -2.69. The SMILES string of the molecule is Cc1cccc(NC(=O)CSC[C@H]([NH3+])C(=O)[O-])c1. The summed E-state index contributed by atoms with van der Waals surface area (Å²) in [6.07, 6.45) is 0. The number of nitrogens with one attached hydrogen (secondary N) is 1. The number of carbonyl (C=O) groups is 2. The number of carbonyl (C=O) groups excluding carboxylic acids is 2. The minimum atomic E-state index is -1.19. The van der Waals surface area contributed by atoms with E-state index in [9.17, 15) is 14.7 Å². The molecule has 5 nitrogen and oxygen atoms in total. The number of aryl methyl sites for hydroxylation is 1. The summed E-state index contributed by atoms with van der Waals surface area (Å²) in [5.41, 5.74) is 5.22. The van der Waals surface area contributed by atoms with Gasteiger partial charge in [0.05, 0.1) is 17.5 Å². The molecule has 0 aromatic heterocycles. The van der Waals surface area contributed by atoms with Gasteiger partial charge in [-0.2, -0.15) is 0 Å². The van der Waals surface area contributed by atoms with Gasteiger partial charge in [-0.3, -0.25) is 4.79 Å². The Kier molecular flexibility index (Phi) is 5.67. The molecule has 0 bridgehead atoms. The zero-order valence-corrected chi connectivity index (χ0v) is 11.0. The van der Waals surface area contributed by atoms with E-state index in [1.165, 1.54) is 11.8 Å². The second-order valence-electron chi connectivity index (χ2n) is 3.95. The smallest absolute Gasteiger partial charge is 0.234 e. The van der Waals surface area contributed by atoms with Gasteiger partial charge >= 0.3 is 0 Å². The van der Waals surface area contributed by atoms with Crippen LogP contribution in [0.2, 0.25) is 0 Å². The molecule has 0 unspecified atom stereocenters. The number of rotatable bonds is 6. The number of quaternary nitrogens is 1. The highest BCUT2D eigenvalue weighted by Crippen LogP contribution is 2.10. The van der Waals surface area contributed by atoms with Crippen molar-refractivity contribution in [3.63, 3.8) is 0 Å². The molecular formula is C12H16N2O3S. The predicted molar refractivity (Wildman–Crippen MR) is 68.8 cm³/mol. The molecule has 98 valence electrons. The summed E-state index contributed by atoms with van der Waals surface area (Å²) in [5.74, 6) is -0.880. The van der Waals surface area contributed by atoms with Crippen LogP contribution in [0.5, 0.6) is 0 Å². The van der Waals surface area contributed by atoms with Gasteiger partial charge in [0.25, 0.3) is 0 Å². The molecule has 0 spiro atoms. The van der Waals surface area contributed by atoms with E-state index >= 15 is 0 Å². The topological polar surface area (TPSA) is 96.9 Å². The summed E-state index contributed by atoms with van der Waals surface area (Å²) in [4.78, 5) is 22.0. The van der Waals surface area contributed by atoms with Crippen LogP contribution in [0, 0.1) is 6.92 Å². The van der Waals surface area contributed by atoms with Crippen molar-refractivity contribution in [2.75, 3.05) is 16.8 Å². The maximum Gasteiger partial charge on any atom is 0.234 e. The van der Waals surface area contributed by atoms with E-state index in [1.54, 1.807) is 6.07 Å². The molecule has 6 heteroatoms. The van der Waals surface area contributed by atoms with E-state index in [2.05, 4.69) is 11.1 Å². The molecule has 0 radical (unpaired) electrons. The zero-order chi connectivity index (χ0) is 13.5. The second kappa shape index (κ2) is 7.03. The molecule has 1 aromatic rings. The van der Waals surface area contributed by atoms with Gasteiger partial charge in [-0.25, -0.2) is 0 Å². The predicted octanol–water partition coefficient (Wildman–Crippen LogP) is -0.973. The first kappa shape index (κ1) is 14.5. The first-order valence-electron chi connectivity index (χ1n) is 5.47. The van der Waals surface area contributed by atoms with Crippen LogP contribution in [0.1, 0.15) is 5.56 Å². The molecule has 0 aliphatic heterocycles. The van der Waals surface area contributed by atoms with Gasteiger partial charge in [-0.05, 0) is 24.6 Å². The number of carboxylic acids is 1. The molecule has 0 aliphatic carbocycles. The fraction of sp³-hybridized carbons (Fsp3) is 0.333. The van der Waals surface area contributed by atoms with Crippen molar-refractivity contribution in [1.29, 1.82) is 0 Å². The number of amides is 1. The van der Waals surface area contributed by atoms with Crippen LogP contribution < -0.4 is 16.2 Å². The van der Waals surface area contributed by atoms with Gasteiger partial charge in [0.2, 0.25) is 5.91 Å². The minimum absolute atomic E-state index is 0.156. The molecule has 1 atom stereocenters. The van der Waals surface area contributed by atoms with Gasteiger partial charge < -0.3 is 21.0 Å². The third kappa shape index (κ3) is 5.20. The molecule has 4 N–H and O–H groups in total. The lowest BCUT2D eigenvalue weighted by molar-refractivity contribution is -0.431. The van der Waals surface area contributed by atoms with E-state index in [-0.39, 0.29) is 17.4 Å². The van der Waals surface area contributed by atoms with E-state index in [0.29, 0.717) is 0 Å². The van der Waals surface area contributed by atoms with Crippen molar-refractivity contribution in [3.05, 3.63) is 29.8 Å². The minimum Gasteiger partial charge on any atom is -0.544 e. The van der Waals surface area contributed by atoms with Gasteiger partial charge in [0.1, 0.15) is 6.04 Å². The van der Waals surface area contributed by atoms with Crippen molar-refractivity contribution in [2.24, 2.45) is 0 Å². The standard InChI is InChI=1S/C12H16N2O3S/c1-8-3-2-4-9(5-8)14-11(15)7-18-6-10(13)12(16)17/h2-5,10H,6-7,13H2,1H3,(H,14,15)(H,16,17)/t10-/m0/s1. The maximum atomic E-state index is 11.6. The summed E-state index contributed by atoms with van der Waals surface area (Å²) >= 11 is 1.23. The van der Waals surface area contributed by atoms with Gasteiger partial charge in [-0.15, -0.1) is 11.8 Å². The number of hydrogen-bond donors (Lipinski definition) is 2. The van der Waals surface area contributed by atoms with Crippen LogP contribution in [-0.4, -0.2) is 29.4 Å². The van der Waals surface area contributed by atoms with Crippen LogP contribution in [0.4, 0.5) is 5.69 Å². The monoisotopic (exact) mass is 268 g/mol. The summed E-state index contributed by atoms with van der Waals surface area (Å²) in [6.45, 7) is 1.94. The molecule has 0 saturated carbocycles. The summed E-state index contributed by atoms with van der Waals surface area (Å²) in [7, 11) is 0. The number of thioether (sulfide) groups is 1. The lowest BCUT2D eigenvalue weighted by Gasteiger charge is -2.09. The van der Waals surface area contributed by atoms with Crippen LogP contribution in [-0.2, 0) is 9.59 Å². The molecule has 0 saturated heterocycles. The highest BCUT2D eigenvalue weighted by molar-refractivity contribution is 8.00. The normalized spacial score (nSPS) is 11.9. The zero-order valence-electron chi connectivity index (χ0n) is 10.1. The second-order valence-corrected chi connectivity index (χ2v) is 4.98. The number of aliphatic carboxylic acids is 1. The quantitative estimate of drug-likeness (QED) is 0.693. The van der Waals surface area contributed by atoms with E-state index < -0.39 is 12.0 Å². The number of anilines is 1. The third-order valence-electron chi connectivity index (χ3n) is 2.19. The van der Waals surface area contributed by atoms with Crippen LogP contribution in [0.25, 0.3) is 0 Å². The Morgan fingerprint density at radius 3 is 2.83 bits per heavy atom. The maximum absolute atomic E-state index is 11.6. The fourth-order valence-electron chi connectivity index (χ4n) is 1.28. The van der Waals surface area contributed by atoms with Crippen LogP contribution in [0.15, 0.2) is 24.3 Å². The van der Waals surface area contributed by atoms with Crippen LogP contribution in [0.3, 0.4) is 0 Å². The molecule has 1 rings (SSSR count). The van der Waals surface area contributed by atoms with E-state index in [4.69, 9.17) is 0 Å². The lowest BCUT2D eigenvalue weighted by atomic mass is 10.2. The first-order valence-corrected chi connectivity index (χ1v) is 6.62. The molecule has 0 aliphatic rings. The summed E-state index contributed by atoms with van der Waals surface area (Å²) in [5, 5.41) is 13.2. The summed E-state index contributed by atoms with van der Waals surface area (Å²) < 4.78 is 0. The summed E-state index contributed by atoms with van der Waals surface area (Å²) in [6, 6.07) is 6.69. The average Bonchev–Trinajstić information content (AvgIpc) is 2.28. The molecule has 1 aromatic carbocycles. The number of benzene rings is 1. The van der Waals surface area contributed by atoms with Gasteiger partial charge in [-0.1, -0.05) is 12.1 Å². The largest absolute Gasteiger partial charge is 0.544 e. The van der Waals surface area contributed by atoms with Crippen molar-refractivity contribution in [3.8, 4) is 0 Å². The van der Waals surface area contributed by atoms with Gasteiger partial charge in [0, 0.05) is 5.69 Å². The first-order chi connectivity index (χ1) is 8.49.